The summed E-state index contributed by atoms with van der Waals surface area (Å²) in [6.07, 6.45) is 0. The second kappa shape index (κ2) is 3.83. The molecule has 6 nitrogen and oxygen atoms in total. The molecule has 0 aliphatic carbocycles. The first kappa shape index (κ1) is 10.8. The number of urea groups is 1. The van der Waals surface area contributed by atoms with E-state index in [9.17, 15) is 14.7 Å². The number of hydrogen-bond donors (Lipinski definition) is 2. The molecule has 6 heteroatoms. The molecule has 2 unspecified atom stereocenters. The van der Waals surface area contributed by atoms with Gasteiger partial charge < -0.3 is 15.2 Å². The number of ether oxygens (including phenoxy) is 1. The molecule has 0 spiro atoms. The Bertz CT molecular complexity index is 567. The summed E-state index contributed by atoms with van der Waals surface area (Å²) < 4.78 is 4.91. The van der Waals surface area contributed by atoms with E-state index in [0.29, 0.717) is 11.3 Å². The lowest BCUT2D eigenvalue weighted by atomic mass is 9.89. The number of phenols is 1. The van der Waals surface area contributed by atoms with Crippen LogP contribution in [0.3, 0.4) is 0 Å². The second-order valence-corrected chi connectivity index (χ2v) is 4.21. The van der Waals surface area contributed by atoms with Crippen LogP contribution >= 0.6 is 0 Å². The zero-order valence-corrected chi connectivity index (χ0v) is 9.29. The third-order valence-corrected chi connectivity index (χ3v) is 3.06. The first-order valence-corrected chi connectivity index (χ1v) is 5.48. The molecule has 1 aromatic carbocycles. The van der Waals surface area contributed by atoms with E-state index in [1.807, 2.05) is 0 Å². The summed E-state index contributed by atoms with van der Waals surface area (Å²) in [6.45, 7) is 0.0617. The molecular formula is C12H10N2O4. The number of hydrogen-bond acceptors (Lipinski definition) is 4. The van der Waals surface area contributed by atoms with Crippen molar-refractivity contribution in [1.82, 2.24) is 5.32 Å². The average Bonchev–Trinajstić information content (AvgIpc) is 2.70. The lowest BCUT2D eigenvalue weighted by molar-refractivity contribution is -0.141. The predicted octanol–water partition coefficient (Wildman–Crippen LogP) is 0.770. The molecule has 2 atom stereocenters. The quantitative estimate of drug-likeness (QED) is 0.716. The van der Waals surface area contributed by atoms with E-state index in [2.05, 4.69) is 10.3 Å². The zero-order valence-electron chi connectivity index (χ0n) is 9.29. The minimum absolute atomic E-state index is 0.0617. The van der Waals surface area contributed by atoms with Crippen LogP contribution in [0.15, 0.2) is 29.3 Å². The Morgan fingerprint density at radius 3 is 3.00 bits per heavy atom. The molecule has 2 aliphatic heterocycles. The van der Waals surface area contributed by atoms with Crippen molar-refractivity contribution >= 4 is 17.7 Å². The van der Waals surface area contributed by atoms with Gasteiger partial charge in [0.1, 0.15) is 18.3 Å². The molecule has 2 aliphatic rings. The van der Waals surface area contributed by atoms with Gasteiger partial charge in [-0.15, -0.1) is 0 Å². The lowest BCUT2D eigenvalue weighted by Crippen LogP contribution is -2.41. The Labute approximate surface area is 102 Å². The molecule has 0 bridgehead atoms. The van der Waals surface area contributed by atoms with Crippen LogP contribution in [0, 0.1) is 5.92 Å². The molecule has 0 aromatic heterocycles. The second-order valence-electron chi connectivity index (χ2n) is 4.21. The molecule has 18 heavy (non-hydrogen) atoms. The van der Waals surface area contributed by atoms with E-state index < -0.39 is 24.0 Å². The third kappa shape index (κ3) is 1.62. The first-order valence-electron chi connectivity index (χ1n) is 5.48. The third-order valence-electron chi connectivity index (χ3n) is 3.06. The van der Waals surface area contributed by atoms with E-state index in [1.165, 1.54) is 12.1 Å². The summed E-state index contributed by atoms with van der Waals surface area (Å²) in [7, 11) is 0. The summed E-state index contributed by atoms with van der Waals surface area (Å²) >= 11 is 0. The van der Waals surface area contributed by atoms with Crippen molar-refractivity contribution in [2.24, 2.45) is 10.9 Å². The molecule has 2 amide bonds. The number of cyclic esters (lactones) is 1. The summed E-state index contributed by atoms with van der Waals surface area (Å²) in [5.74, 6) is -0.913. The number of phenolic OH excluding ortho intramolecular Hbond substituents is 1. The van der Waals surface area contributed by atoms with E-state index in [-0.39, 0.29) is 12.4 Å². The Balaban J connectivity index is 2.04. The van der Waals surface area contributed by atoms with Crippen LogP contribution < -0.4 is 5.32 Å². The van der Waals surface area contributed by atoms with Gasteiger partial charge >= 0.3 is 12.0 Å². The van der Waals surface area contributed by atoms with Crippen LogP contribution in [0.5, 0.6) is 5.75 Å². The minimum Gasteiger partial charge on any atom is -0.508 e. The highest BCUT2D eigenvalue weighted by molar-refractivity contribution is 6.13. The summed E-state index contributed by atoms with van der Waals surface area (Å²) in [6, 6.07) is 5.40. The average molecular weight is 246 g/mol. The largest absolute Gasteiger partial charge is 0.508 e. The molecule has 3 rings (SSSR count). The number of benzene rings is 1. The zero-order chi connectivity index (χ0) is 12.7. The highest BCUT2D eigenvalue weighted by atomic mass is 16.5. The highest BCUT2D eigenvalue weighted by Crippen LogP contribution is 2.32. The summed E-state index contributed by atoms with van der Waals surface area (Å²) in [5, 5.41) is 12.1. The van der Waals surface area contributed by atoms with Crippen LogP contribution in [0.4, 0.5) is 4.79 Å². The number of carbonyl (C=O) groups excluding carboxylic acids is 2. The number of rotatable bonds is 1. The Morgan fingerprint density at radius 1 is 1.39 bits per heavy atom. The van der Waals surface area contributed by atoms with Gasteiger partial charge in [0.05, 0.1) is 11.8 Å². The van der Waals surface area contributed by atoms with Gasteiger partial charge in [0, 0.05) is 0 Å². The molecule has 1 aromatic rings. The Morgan fingerprint density at radius 2 is 2.22 bits per heavy atom. The van der Waals surface area contributed by atoms with Gasteiger partial charge in [-0.2, -0.15) is 4.99 Å². The number of fused-ring (bicyclic) bond motifs is 1. The molecular weight excluding hydrogens is 236 g/mol. The monoisotopic (exact) mass is 246 g/mol. The number of carbonyl (C=O) groups is 2. The summed E-state index contributed by atoms with van der Waals surface area (Å²) in [4.78, 5) is 26.9. The minimum atomic E-state index is -0.593. The van der Waals surface area contributed by atoms with E-state index >= 15 is 0 Å². The molecule has 1 fully saturated rings. The van der Waals surface area contributed by atoms with Crippen LogP contribution in [0.1, 0.15) is 11.6 Å². The van der Waals surface area contributed by atoms with E-state index in [4.69, 9.17) is 4.74 Å². The number of esters is 1. The fourth-order valence-electron chi connectivity index (χ4n) is 2.26. The Kier molecular flexibility index (Phi) is 2.29. The van der Waals surface area contributed by atoms with Crippen LogP contribution in [-0.4, -0.2) is 29.4 Å². The Hall–Kier alpha value is -2.37. The summed E-state index contributed by atoms with van der Waals surface area (Å²) in [5.41, 5.74) is 1.09. The van der Waals surface area contributed by atoms with Crippen LogP contribution in [0.25, 0.3) is 0 Å². The number of amides is 2. The topological polar surface area (TPSA) is 88.0 Å². The molecule has 0 radical (unpaired) electrons. The molecule has 0 saturated carbocycles. The smallest absolute Gasteiger partial charge is 0.341 e. The molecule has 2 N–H and O–H groups in total. The van der Waals surface area contributed by atoms with Gasteiger partial charge in [-0.3, -0.25) is 4.79 Å². The van der Waals surface area contributed by atoms with Crippen molar-refractivity contribution in [1.29, 1.82) is 0 Å². The highest BCUT2D eigenvalue weighted by Gasteiger charge is 2.44. The molecule has 2 heterocycles. The fraction of sp³-hybridized carbons (Fsp3) is 0.250. The standard InChI is InChI=1S/C12H10N2O4/c15-7-3-1-2-6(4-7)10-9-8(5-18-11(9)16)13-12(17)14-10/h1-4,9-10,15H,5H2,(H,14,17). The van der Waals surface area contributed by atoms with Crippen LogP contribution in [0.2, 0.25) is 0 Å². The van der Waals surface area contributed by atoms with Gasteiger partial charge in [-0.25, -0.2) is 4.79 Å². The SMILES string of the molecule is O=C1N=C2COC(=O)C2C(c2cccc(O)c2)N1. The normalized spacial score (nSPS) is 26.1. The first-order chi connectivity index (χ1) is 8.65. The van der Waals surface area contributed by atoms with Crippen molar-refractivity contribution in [2.75, 3.05) is 6.61 Å². The number of nitrogens with zero attached hydrogens (tertiary/aromatic N) is 1. The number of aromatic hydroxyl groups is 1. The van der Waals surface area contributed by atoms with Crippen molar-refractivity contribution in [3.63, 3.8) is 0 Å². The van der Waals surface area contributed by atoms with Gasteiger partial charge in [-0.05, 0) is 17.7 Å². The van der Waals surface area contributed by atoms with Crippen LogP contribution in [-0.2, 0) is 9.53 Å². The van der Waals surface area contributed by atoms with Gasteiger partial charge in [0.25, 0.3) is 0 Å². The lowest BCUT2D eigenvalue weighted by Gasteiger charge is -2.25. The van der Waals surface area contributed by atoms with Crippen molar-refractivity contribution < 1.29 is 19.4 Å². The van der Waals surface area contributed by atoms with Gasteiger partial charge in [0.15, 0.2) is 0 Å². The van der Waals surface area contributed by atoms with Crippen molar-refractivity contribution in [2.45, 2.75) is 6.04 Å². The number of aliphatic imine (C=N–C) groups is 1. The van der Waals surface area contributed by atoms with E-state index in [1.54, 1.807) is 12.1 Å². The van der Waals surface area contributed by atoms with Crippen molar-refractivity contribution in [3.05, 3.63) is 29.8 Å². The van der Waals surface area contributed by atoms with E-state index in [0.717, 1.165) is 0 Å². The van der Waals surface area contributed by atoms with Crippen molar-refractivity contribution in [3.8, 4) is 5.75 Å². The fourth-order valence-corrected chi connectivity index (χ4v) is 2.26. The molecule has 92 valence electrons. The predicted molar refractivity (Wildman–Crippen MR) is 61.3 cm³/mol. The maximum Gasteiger partial charge on any atom is 0.341 e. The number of nitrogens with one attached hydrogen (secondary N) is 1. The maximum absolute atomic E-state index is 11.7. The van der Waals surface area contributed by atoms with Gasteiger partial charge in [-0.1, -0.05) is 12.1 Å². The van der Waals surface area contributed by atoms with Gasteiger partial charge in [0.2, 0.25) is 0 Å². The maximum atomic E-state index is 11.7. The molecule has 1 saturated heterocycles.